The number of hydrogen-bond acceptors (Lipinski definition) is 3. The van der Waals surface area contributed by atoms with E-state index in [0.29, 0.717) is 32.4 Å². The van der Waals surface area contributed by atoms with E-state index in [1.54, 1.807) is 0 Å². The molecule has 2 rings (SSSR count). The van der Waals surface area contributed by atoms with E-state index in [1.807, 2.05) is 35.2 Å². The van der Waals surface area contributed by atoms with Gasteiger partial charge >= 0.3 is 0 Å². The van der Waals surface area contributed by atoms with Crippen LogP contribution in [0.3, 0.4) is 0 Å². The van der Waals surface area contributed by atoms with Crippen molar-refractivity contribution in [3.05, 3.63) is 35.9 Å². The lowest BCUT2D eigenvalue weighted by molar-refractivity contribution is -0.135. The van der Waals surface area contributed by atoms with Crippen LogP contribution in [0.15, 0.2) is 30.3 Å². The number of nitrogens with two attached hydrogens (primary N) is 1. The Kier molecular flexibility index (Phi) is 5.12. The van der Waals surface area contributed by atoms with Gasteiger partial charge in [0.05, 0.1) is 0 Å². The molecule has 0 atom stereocenters. The summed E-state index contributed by atoms with van der Waals surface area (Å²) in [5.41, 5.74) is 3.36. The molecule has 1 saturated heterocycles. The standard InChI is InChI=1S/C15H21N3O2/c16-17-15(20)13-8-10-18(11-9-13)14(19)7-6-12-4-2-1-3-5-12/h1-5,13H,6-11,16H2,(H,17,20). The molecule has 5 heteroatoms. The molecule has 20 heavy (non-hydrogen) atoms. The molecule has 0 bridgehead atoms. The number of hydrazine groups is 1. The van der Waals surface area contributed by atoms with Gasteiger partial charge in [-0.25, -0.2) is 5.84 Å². The quantitative estimate of drug-likeness (QED) is 0.486. The van der Waals surface area contributed by atoms with Gasteiger partial charge in [0, 0.05) is 25.4 Å². The summed E-state index contributed by atoms with van der Waals surface area (Å²) in [7, 11) is 0. The second-order valence-corrected chi connectivity index (χ2v) is 5.15. The predicted molar refractivity (Wildman–Crippen MR) is 76.4 cm³/mol. The fourth-order valence-corrected chi connectivity index (χ4v) is 2.56. The Hall–Kier alpha value is -1.88. The van der Waals surface area contributed by atoms with Gasteiger partial charge < -0.3 is 4.90 Å². The molecule has 5 nitrogen and oxygen atoms in total. The third-order valence-corrected chi connectivity index (χ3v) is 3.83. The molecule has 1 aliphatic heterocycles. The van der Waals surface area contributed by atoms with Crippen LogP contribution >= 0.6 is 0 Å². The predicted octanol–water partition coefficient (Wildman–Crippen LogP) is 0.848. The first-order valence-corrected chi connectivity index (χ1v) is 7.03. The van der Waals surface area contributed by atoms with Gasteiger partial charge in [0.2, 0.25) is 11.8 Å². The van der Waals surface area contributed by atoms with Gasteiger partial charge in [-0.05, 0) is 24.8 Å². The molecule has 0 radical (unpaired) electrons. The number of piperidine rings is 1. The zero-order valence-corrected chi connectivity index (χ0v) is 11.5. The number of amides is 2. The number of carbonyl (C=O) groups excluding carboxylic acids is 2. The second-order valence-electron chi connectivity index (χ2n) is 5.15. The second kappa shape index (κ2) is 7.05. The highest BCUT2D eigenvalue weighted by Gasteiger charge is 2.26. The van der Waals surface area contributed by atoms with E-state index in [-0.39, 0.29) is 17.7 Å². The summed E-state index contributed by atoms with van der Waals surface area (Å²) in [4.78, 5) is 25.4. The van der Waals surface area contributed by atoms with Crippen LogP contribution < -0.4 is 11.3 Å². The summed E-state index contributed by atoms with van der Waals surface area (Å²) >= 11 is 0. The number of rotatable bonds is 4. The van der Waals surface area contributed by atoms with Crippen LogP contribution in [0.25, 0.3) is 0 Å². The number of nitrogens with one attached hydrogen (secondary N) is 1. The van der Waals surface area contributed by atoms with Crippen molar-refractivity contribution in [2.45, 2.75) is 25.7 Å². The molecule has 1 fully saturated rings. The first-order chi connectivity index (χ1) is 9.70. The SMILES string of the molecule is NNC(=O)C1CCN(C(=O)CCc2ccccc2)CC1. The van der Waals surface area contributed by atoms with Gasteiger partial charge in [0.1, 0.15) is 0 Å². The van der Waals surface area contributed by atoms with Gasteiger partial charge in [0.25, 0.3) is 0 Å². The molecule has 0 aromatic heterocycles. The summed E-state index contributed by atoms with van der Waals surface area (Å²) < 4.78 is 0. The van der Waals surface area contributed by atoms with Crippen LogP contribution in [0, 0.1) is 5.92 Å². The highest BCUT2D eigenvalue weighted by Crippen LogP contribution is 2.18. The zero-order valence-electron chi connectivity index (χ0n) is 11.5. The van der Waals surface area contributed by atoms with Gasteiger partial charge in [-0.15, -0.1) is 0 Å². The molecule has 2 amide bonds. The van der Waals surface area contributed by atoms with E-state index >= 15 is 0 Å². The van der Waals surface area contributed by atoms with E-state index in [0.717, 1.165) is 6.42 Å². The van der Waals surface area contributed by atoms with E-state index in [1.165, 1.54) is 5.56 Å². The van der Waals surface area contributed by atoms with Crippen LogP contribution in [-0.4, -0.2) is 29.8 Å². The Balaban J connectivity index is 1.76. The maximum Gasteiger partial charge on any atom is 0.237 e. The minimum absolute atomic E-state index is 0.0572. The molecule has 1 heterocycles. The summed E-state index contributed by atoms with van der Waals surface area (Å²) in [5.74, 6) is 5.12. The summed E-state index contributed by atoms with van der Waals surface area (Å²) in [6.45, 7) is 1.29. The summed E-state index contributed by atoms with van der Waals surface area (Å²) in [6.07, 6.45) is 2.68. The maximum absolute atomic E-state index is 12.1. The molecule has 108 valence electrons. The summed E-state index contributed by atoms with van der Waals surface area (Å²) in [5, 5.41) is 0. The molecule has 0 aliphatic carbocycles. The molecule has 0 saturated carbocycles. The number of aryl methyl sites for hydroxylation is 1. The van der Waals surface area contributed by atoms with Crippen molar-refractivity contribution in [2.24, 2.45) is 11.8 Å². The molecule has 3 N–H and O–H groups in total. The lowest BCUT2D eigenvalue weighted by Gasteiger charge is -2.31. The number of likely N-dealkylation sites (tertiary alicyclic amines) is 1. The molecule has 1 aliphatic rings. The normalized spacial score (nSPS) is 15.9. The Morgan fingerprint density at radius 2 is 1.85 bits per heavy atom. The van der Waals surface area contributed by atoms with E-state index in [9.17, 15) is 9.59 Å². The molecular formula is C15H21N3O2. The van der Waals surface area contributed by atoms with Gasteiger partial charge in [-0.1, -0.05) is 30.3 Å². The molecular weight excluding hydrogens is 254 g/mol. The van der Waals surface area contributed by atoms with Crippen LogP contribution in [0.4, 0.5) is 0 Å². The highest BCUT2D eigenvalue weighted by molar-refractivity contribution is 5.79. The topological polar surface area (TPSA) is 75.4 Å². The minimum atomic E-state index is -0.124. The zero-order chi connectivity index (χ0) is 14.4. The molecule has 0 spiro atoms. The Labute approximate surface area is 119 Å². The molecule has 1 aromatic carbocycles. The van der Waals surface area contributed by atoms with Gasteiger partial charge in [-0.2, -0.15) is 0 Å². The van der Waals surface area contributed by atoms with Crippen LogP contribution in [0.5, 0.6) is 0 Å². The number of benzene rings is 1. The third kappa shape index (κ3) is 3.81. The van der Waals surface area contributed by atoms with Crippen molar-refractivity contribution < 1.29 is 9.59 Å². The largest absolute Gasteiger partial charge is 0.343 e. The minimum Gasteiger partial charge on any atom is -0.343 e. The Morgan fingerprint density at radius 3 is 2.45 bits per heavy atom. The Bertz CT molecular complexity index is 453. The fraction of sp³-hybridized carbons (Fsp3) is 0.467. The number of nitrogens with zero attached hydrogens (tertiary/aromatic N) is 1. The van der Waals surface area contributed by atoms with E-state index in [4.69, 9.17) is 5.84 Å². The van der Waals surface area contributed by atoms with Crippen molar-refractivity contribution >= 4 is 11.8 Å². The molecule has 1 aromatic rings. The molecule has 0 unspecified atom stereocenters. The van der Waals surface area contributed by atoms with Gasteiger partial charge in [0.15, 0.2) is 0 Å². The Morgan fingerprint density at radius 1 is 1.20 bits per heavy atom. The van der Waals surface area contributed by atoms with Crippen LogP contribution in [0.1, 0.15) is 24.8 Å². The van der Waals surface area contributed by atoms with Crippen molar-refractivity contribution in [3.63, 3.8) is 0 Å². The van der Waals surface area contributed by atoms with Crippen molar-refractivity contribution in [2.75, 3.05) is 13.1 Å². The van der Waals surface area contributed by atoms with Gasteiger partial charge in [-0.3, -0.25) is 15.0 Å². The fourth-order valence-electron chi connectivity index (χ4n) is 2.56. The van der Waals surface area contributed by atoms with Crippen molar-refractivity contribution in [3.8, 4) is 0 Å². The summed E-state index contributed by atoms with van der Waals surface area (Å²) in [6, 6.07) is 10.0. The van der Waals surface area contributed by atoms with Crippen LogP contribution in [0.2, 0.25) is 0 Å². The average molecular weight is 275 g/mol. The first-order valence-electron chi connectivity index (χ1n) is 7.03. The maximum atomic E-state index is 12.1. The average Bonchev–Trinajstić information content (AvgIpc) is 2.53. The smallest absolute Gasteiger partial charge is 0.237 e. The van der Waals surface area contributed by atoms with Crippen LogP contribution in [-0.2, 0) is 16.0 Å². The first kappa shape index (κ1) is 14.5. The third-order valence-electron chi connectivity index (χ3n) is 3.83. The lowest BCUT2D eigenvalue weighted by atomic mass is 9.96. The van der Waals surface area contributed by atoms with E-state index in [2.05, 4.69) is 5.43 Å². The van der Waals surface area contributed by atoms with Crippen molar-refractivity contribution in [1.82, 2.24) is 10.3 Å². The van der Waals surface area contributed by atoms with Crippen molar-refractivity contribution in [1.29, 1.82) is 0 Å². The number of carbonyl (C=O) groups is 2. The monoisotopic (exact) mass is 275 g/mol. The number of hydrogen-bond donors (Lipinski definition) is 2. The lowest BCUT2D eigenvalue weighted by Crippen LogP contribution is -2.44. The highest BCUT2D eigenvalue weighted by atomic mass is 16.2. The van der Waals surface area contributed by atoms with E-state index < -0.39 is 0 Å².